The monoisotopic (exact) mass is 356 g/mol. The van der Waals surface area contributed by atoms with Crippen molar-refractivity contribution in [1.82, 2.24) is 0 Å². The van der Waals surface area contributed by atoms with Gasteiger partial charge < -0.3 is 14.6 Å². The van der Waals surface area contributed by atoms with Gasteiger partial charge in [0.05, 0.1) is 0 Å². The number of carbonyl (C=O) groups excluding carboxylic acids is 2. The third-order valence-corrected chi connectivity index (χ3v) is 4.01. The highest BCUT2D eigenvalue weighted by Gasteiger charge is 2.12. The van der Waals surface area contributed by atoms with Gasteiger partial charge in [0, 0.05) is 12.0 Å². The molecule has 0 saturated carbocycles. The molecule has 0 rings (SSSR count). The summed E-state index contributed by atoms with van der Waals surface area (Å²) >= 11 is 0. The molecule has 0 radical (unpaired) electrons. The van der Waals surface area contributed by atoms with E-state index in [1.165, 1.54) is 25.7 Å². The molecule has 0 saturated heterocycles. The van der Waals surface area contributed by atoms with Crippen LogP contribution >= 0.6 is 0 Å². The van der Waals surface area contributed by atoms with Crippen LogP contribution in [0, 0.1) is 5.92 Å². The number of aliphatic hydroxyl groups excluding tert-OH is 1. The molecule has 0 heterocycles. The number of aliphatic hydroxyl groups is 1. The molecule has 0 fully saturated rings. The average molecular weight is 357 g/mol. The summed E-state index contributed by atoms with van der Waals surface area (Å²) in [5.41, 5.74) is 0.480. The third kappa shape index (κ3) is 14.7. The first kappa shape index (κ1) is 23.6. The molecule has 0 aliphatic rings. The summed E-state index contributed by atoms with van der Waals surface area (Å²) in [5.74, 6) is -0.00290. The molecule has 0 aliphatic carbocycles. The largest absolute Gasteiger partial charge is 0.463 e. The Morgan fingerprint density at radius 1 is 0.960 bits per heavy atom. The van der Waals surface area contributed by atoms with Crippen molar-refractivity contribution in [3.63, 3.8) is 0 Å². The van der Waals surface area contributed by atoms with Crippen LogP contribution in [0.4, 0.5) is 0 Å². The minimum Gasteiger partial charge on any atom is -0.463 e. The van der Waals surface area contributed by atoms with Crippen molar-refractivity contribution < 1.29 is 24.2 Å². The van der Waals surface area contributed by atoms with Crippen LogP contribution < -0.4 is 0 Å². The topological polar surface area (TPSA) is 72.8 Å². The van der Waals surface area contributed by atoms with Crippen molar-refractivity contribution in [3.05, 3.63) is 11.6 Å². The Hall–Kier alpha value is -1.36. The van der Waals surface area contributed by atoms with E-state index in [1.807, 2.05) is 0 Å². The highest BCUT2D eigenvalue weighted by Crippen LogP contribution is 2.12. The second-order valence-corrected chi connectivity index (χ2v) is 6.96. The van der Waals surface area contributed by atoms with E-state index in [2.05, 4.69) is 13.8 Å². The fourth-order valence-electron chi connectivity index (χ4n) is 2.24. The lowest BCUT2D eigenvalue weighted by molar-refractivity contribution is -0.150. The summed E-state index contributed by atoms with van der Waals surface area (Å²) in [5, 5.41) is 9.66. The molecule has 0 aromatic heterocycles. The van der Waals surface area contributed by atoms with E-state index in [0.717, 1.165) is 25.2 Å². The zero-order chi connectivity index (χ0) is 19.1. The molecule has 0 aromatic carbocycles. The molecule has 0 amide bonds. The van der Waals surface area contributed by atoms with Crippen molar-refractivity contribution in [2.75, 3.05) is 13.2 Å². The third-order valence-electron chi connectivity index (χ3n) is 4.01. The number of rotatable bonds is 14. The highest BCUT2D eigenvalue weighted by molar-refractivity contribution is 5.87. The molecule has 0 aliphatic heterocycles. The fourth-order valence-corrected chi connectivity index (χ4v) is 2.24. The van der Waals surface area contributed by atoms with Crippen molar-refractivity contribution in [1.29, 1.82) is 0 Å². The molecule has 1 N–H and O–H groups in total. The molecular weight excluding hydrogens is 320 g/mol. The summed E-state index contributed by atoms with van der Waals surface area (Å²) in [6, 6.07) is 0. The second kappa shape index (κ2) is 14.9. The Morgan fingerprint density at radius 3 is 2.12 bits per heavy atom. The van der Waals surface area contributed by atoms with Gasteiger partial charge in [0.1, 0.15) is 19.3 Å². The summed E-state index contributed by atoms with van der Waals surface area (Å²) in [7, 11) is 0. The van der Waals surface area contributed by atoms with Crippen molar-refractivity contribution in [3.8, 4) is 0 Å². The molecule has 146 valence electrons. The van der Waals surface area contributed by atoms with E-state index in [1.54, 1.807) is 19.9 Å². The standard InChI is InChI=1S/C20H36O5/c1-5-17(4)20(23)25-15-18(21)14-24-19(22)13-11-9-7-6-8-10-12-16(2)3/h5,16,18,21H,6-15H2,1-4H3/b17-5+/t18-/m0/s1. The van der Waals surface area contributed by atoms with Gasteiger partial charge in [-0.3, -0.25) is 4.79 Å². The molecule has 5 nitrogen and oxygen atoms in total. The van der Waals surface area contributed by atoms with Gasteiger partial charge in [-0.15, -0.1) is 0 Å². The molecule has 5 heteroatoms. The lowest BCUT2D eigenvalue weighted by atomic mass is 10.0. The predicted octanol–water partition coefficient (Wildman–Crippen LogP) is 4.18. The van der Waals surface area contributed by atoms with Gasteiger partial charge in [-0.2, -0.15) is 0 Å². The summed E-state index contributed by atoms with van der Waals surface area (Å²) in [6.45, 7) is 7.55. The van der Waals surface area contributed by atoms with Gasteiger partial charge in [-0.25, -0.2) is 4.79 Å². The van der Waals surface area contributed by atoms with Crippen molar-refractivity contribution in [2.45, 2.75) is 85.2 Å². The van der Waals surface area contributed by atoms with Crippen LogP contribution in [0.5, 0.6) is 0 Å². The maximum absolute atomic E-state index is 11.6. The summed E-state index contributed by atoms with van der Waals surface area (Å²) < 4.78 is 9.90. The number of esters is 2. The number of unbranched alkanes of at least 4 members (excludes halogenated alkanes) is 5. The van der Waals surface area contributed by atoms with E-state index in [4.69, 9.17) is 9.47 Å². The van der Waals surface area contributed by atoms with Gasteiger partial charge in [0.25, 0.3) is 0 Å². The van der Waals surface area contributed by atoms with Gasteiger partial charge >= 0.3 is 11.9 Å². The Labute approximate surface area is 152 Å². The van der Waals surface area contributed by atoms with E-state index in [-0.39, 0.29) is 19.2 Å². The molecule has 0 bridgehead atoms. The maximum Gasteiger partial charge on any atom is 0.333 e. The predicted molar refractivity (Wildman–Crippen MR) is 99.1 cm³/mol. The summed E-state index contributed by atoms with van der Waals surface area (Å²) in [4.78, 5) is 23.0. The second-order valence-electron chi connectivity index (χ2n) is 6.96. The number of carbonyl (C=O) groups is 2. The molecule has 0 unspecified atom stereocenters. The minimum absolute atomic E-state index is 0.143. The lowest BCUT2D eigenvalue weighted by Gasteiger charge is -2.12. The Kier molecular flexibility index (Phi) is 14.1. The number of hydrogen-bond donors (Lipinski definition) is 1. The minimum atomic E-state index is -0.987. The van der Waals surface area contributed by atoms with E-state index >= 15 is 0 Å². The molecule has 0 aromatic rings. The van der Waals surface area contributed by atoms with Crippen LogP contribution in [-0.4, -0.2) is 36.4 Å². The van der Waals surface area contributed by atoms with Gasteiger partial charge in [0.15, 0.2) is 0 Å². The zero-order valence-electron chi connectivity index (χ0n) is 16.4. The lowest BCUT2D eigenvalue weighted by Crippen LogP contribution is -2.25. The van der Waals surface area contributed by atoms with Crippen LogP contribution in [-0.2, 0) is 19.1 Å². The highest BCUT2D eigenvalue weighted by atomic mass is 16.6. The van der Waals surface area contributed by atoms with Crippen LogP contribution in [0.1, 0.15) is 79.1 Å². The van der Waals surface area contributed by atoms with Crippen LogP contribution in [0.2, 0.25) is 0 Å². The number of hydrogen-bond acceptors (Lipinski definition) is 5. The van der Waals surface area contributed by atoms with Crippen molar-refractivity contribution in [2.24, 2.45) is 5.92 Å². The molecule has 1 atom stereocenters. The van der Waals surface area contributed by atoms with Crippen LogP contribution in [0.3, 0.4) is 0 Å². The average Bonchev–Trinajstić information content (AvgIpc) is 2.58. The van der Waals surface area contributed by atoms with E-state index in [0.29, 0.717) is 12.0 Å². The van der Waals surface area contributed by atoms with Gasteiger partial charge in [-0.05, 0) is 26.2 Å². The SMILES string of the molecule is C/C=C(\C)C(=O)OC[C@@H](O)COC(=O)CCCCCCCCC(C)C. The first-order valence-corrected chi connectivity index (χ1v) is 9.50. The fraction of sp³-hybridized carbons (Fsp3) is 0.800. The number of allylic oxidation sites excluding steroid dienone is 1. The van der Waals surface area contributed by atoms with Gasteiger partial charge in [-0.1, -0.05) is 58.4 Å². The molecular formula is C20H36O5. The molecule has 0 spiro atoms. The first-order chi connectivity index (χ1) is 11.9. The van der Waals surface area contributed by atoms with Crippen LogP contribution in [0.25, 0.3) is 0 Å². The Balaban J connectivity index is 3.56. The quantitative estimate of drug-likeness (QED) is 0.287. The number of ether oxygens (including phenoxy) is 2. The molecule has 25 heavy (non-hydrogen) atoms. The Bertz CT molecular complexity index is 401. The zero-order valence-corrected chi connectivity index (χ0v) is 16.4. The smallest absolute Gasteiger partial charge is 0.333 e. The van der Waals surface area contributed by atoms with E-state index in [9.17, 15) is 14.7 Å². The first-order valence-electron chi connectivity index (χ1n) is 9.50. The Morgan fingerprint density at radius 2 is 1.52 bits per heavy atom. The van der Waals surface area contributed by atoms with Crippen molar-refractivity contribution >= 4 is 11.9 Å². The van der Waals surface area contributed by atoms with E-state index < -0.39 is 12.1 Å². The van der Waals surface area contributed by atoms with Crippen LogP contribution in [0.15, 0.2) is 11.6 Å². The summed E-state index contributed by atoms with van der Waals surface area (Å²) in [6.07, 6.45) is 9.07. The maximum atomic E-state index is 11.6. The normalized spacial score (nSPS) is 13.0. The van der Waals surface area contributed by atoms with Gasteiger partial charge in [0.2, 0.25) is 0 Å².